The molecule has 0 aliphatic heterocycles. The van der Waals surface area contributed by atoms with Crippen LogP contribution in [0.25, 0.3) is 0 Å². The second-order valence-electron chi connectivity index (χ2n) is 5.63. The minimum absolute atomic E-state index is 0.115. The number of aryl methyl sites for hydroxylation is 1. The van der Waals surface area contributed by atoms with Crippen LogP contribution in [0.3, 0.4) is 0 Å². The van der Waals surface area contributed by atoms with E-state index in [1.54, 1.807) is 0 Å². The SMILES string of the molecule is Cc1cccc(OCCCC(=O)NCC2(C(=O)O)CC2)c1. The fourth-order valence-electron chi connectivity index (χ4n) is 2.10. The summed E-state index contributed by atoms with van der Waals surface area (Å²) in [5.74, 6) is -0.126. The van der Waals surface area contributed by atoms with Crippen LogP contribution in [0, 0.1) is 12.3 Å². The zero-order chi connectivity index (χ0) is 15.3. The van der Waals surface area contributed by atoms with E-state index in [4.69, 9.17) is 9.84 Å². The van der Waals surface area contributed by atoms with Gasteiger partial charge in [0.2, 0.25) is 5.91 Å². The van der Waals surface area contributed by atoms with E-state index >= 15 is 0 Å². The summed E-state index contributed by atoms with van der Waals surface area (Å²) in [5, 5.41) is 11.7. The first kappa shape index (κ1) is 15.4. The molecule has 1 fully saturated rings. The molecule has 0 bridgehead atoms. The van der Waals surface area contributed by atoms with Crippen molar-refractivity contribution in [3.05, 3.63) is 29.8 Å². The van der Waals surface area contributed by atoms with E-state index in [9.17, 15) is 9.59 Å². The van der Waals surface area contributed by atoms with Gasteiger partial charge >= 0.3 is 5.97 Å². The standard InChI is InChI=1S/C16H21NO4/c1-12-4-2-5-13(10-12)21-9-3-6-14(18)17-11-16(7-8-16)15(19)20/h2,4-5,10H,3,6-9,11H2,1H3,(H,17,18)(H,19,20). The second kappa shape index (κ2) is 6.61. The lowest BCUT2D eigenvalue weighted by Gasteiger charge is -2.11. The number of hydrogen-bond acceptors (Lipinski definition) is 3. The van der Waals surface area contributed by atoms with Gasteiger partial charge in [0.1, 0.15) is 5.75 Å². The van der Waals surface area contributed by atoms with Crippen LogP contribution in [-0.4, -0.2) is 30.1 Å². The molecule has 0 atom stereocenters. The molecule has 0 aromatic heterocycles. The third-order valence-electron chi connectivity index (χ3n) is 3.74. The molecule has 2 N–H and O–H groups in total. The number of nitrogens with one attached hydrogen (secondary N) is 1. The van der Waals surface area contributed by atoms with Gasteiger partial charge in [0.15, 0.2) is 0 Å². The molecule has 1 aromatic rings. The Labute approximate surface area is 124 Å². The summed E-state index contributed by atoms with van der Waals surface area (Å²) >= 11 is 0. The molecule has 0 radical (unpaired) electrons. The number of hydrogen-bond donors (Lipinski definition) is 2. The summed E-state index contributed by atoms with van der Waals surface area (Å²) in [4.78, 5) is 22.6. The number of rotatable bonds is 8. The third kappa shape index (κ3) is 4.48. The molecular weight excluding hydrogens is 270 g/mol. The van der Waals surface area contributed by atoms with Crippen LogP contribution in [0.1, 0.15) is 31.2 Å². The first-order valence-electron chi connectivity index (χ1n) is 7.21. The van der Waals surface area contributed by atoms with E-state index < -0.39 is 11.4 Å². The second-order valence-corrected chi connectivity index (χ2v) is 5.63. The molecule has 21 heavy (non-hydrogen) atoms. The lowest BCUT2D eigenvalue weighted by Crippen LogP contribution is -2.34. The average molecular weight is 291 g/mol. The minimum atomic E-state index is -0.814. The minimum Gasteiger partial charge on any atom is -0.494 e. The van der Waals surface area contributed by atoms with Crippen molar-refractivity contribution in [2.45, 2.75) is 32.6 Å². The first-order valence-corrected chi connectivity index (χ1v) is 7.21. The van der Waals surface area contributed by atoms with Gasteiger partial charge in [0.25, 0.3) is 0 Å². The number of aliphatic carboxylic acids is 1. The van der Waals surface area contributed by atoms with Crippen LogP contribution in [0.5, 0.6) is 5.75 Å². The van der Waals surface area contributed by atoms with E-state index in [0.29, 0.717) is 32.3 Å². The molecule has 0 heterocycles. The van der Waals surface area contributed by atoms with Gasteiger partial charge < -0.3 is 15.2 Å². The van der Waals surface area contributed by atoms with Crippen LogP contribution in [-0.2, 0) is 9.59 Å². The Hall–Kier alpha value is -2.04. The Morgan fingerprint density at radius 2 is 2.14 bits per heavy atom. The average Bonchev–Trinajstić information content (AvgIpc) is 3.23. The Morgan fingerprint density at radius 1 is 1.38 bits per heavy atom. The van der Waals surface area contributed by atoms with Crippen molar-refractivity contribution in [3.63, 3.8) is 0 Å². The van der Waals surface area contributed by atoms with Gasteiger partial charge in [-0.15, -0.1) is 0 Å². The number of carboxylic acids is 1. The van der Waals surface area contributed by atoms with Gasteiger partial charge in [-0.1, -0.05) is 12.1 Å². The van der Waals surface area contributed by atoms with E-state index in [1.807, 2.05) is 31.2 Å². The molecule has 5 nitrogen and oxygen atoms in total. The van der Waals surface area contributed by atoms with Gasteiger partial charge in [-0.25, -0.2) is 0 Å². The van der Waals surface area contributed by atoms with Crippen LogP contribution in [0.15, 0.2) is 24.3 Å². The molecule has 1 aromatic carbocycles. The highest BCUT2D eigenvalue weighted by Crippen LogP contribution is 2.45. The predicted molar refractivity (Wildman–Crippen MR) is 78.2 cm³/mol. The number of carboxylic acid groups (broad SMARTS) is 1. The summed E-state index contributed by atoms with van der Waals surface area (Å²) < 4.78 is 5.56. The lowest BCUT2D eigenvalue weighted by atomic mass is 10.1. The van der Waals surface area contributed by atoms with Crippen molar-refractivity contribution in [3.8, 4) is 5.75 Å². The van der Waals surface area contributed by atoms with Crippen molar-refractivity contribution in [1.29, 1.82) is 0 Å². The highest BCUT2D eigenvalue weighted by atomic mass is 16.5. The number of carbonyl (C=O) groups excluding carboxylic acids is 1. The number of ether oxygens (including phenoxy) is 1. The summed E-state index contributed by atoms with van der Waals surface area (Å²) in [7, 11) is 0. The largest absolute Gasteiger partial charge is 0.494 e. The quantitative estimate of drug-likeness (QED) is 0.719. The van der Waals surface area contributed by atoms with Gasteiger partial charge in [0.05, 0.1) is 12.0 Å². The van der Waals surface area contributed by atoms with Crippen LogP contribution in [0.4, 0.5) is 0 Å². The fraction of sp³-hybridized carbons (Fsp3) is 0.500. The van der Waals surface area contributed by atoms with E-state index in [2.05, 4.69) is 5.32 Å². The van der Waals surface area contributed by atoms with Crippen molar-refractivity contribution >= 4 is 11.9 Å². The summed E-state index contributed by atoms with van der Waals surface area (Å²) in [6.45, 7) is 2.71. The fourth-order valence-corrected chi connectivity index (χ4v) is 2.10. The molecule has 1 aliphatic rings. The molecule has 5 heteroatoms. The highest BCUT2D eigenvalue weighted by Gasteiger charge is 2.50. The first-order chi connectivity index (χ1) is 10.0. The van der Waals surface area contributed by atoms with Gasteiger partial charge in [-0.05, 0) is 43.9 Å². The Morgan fingerprint density at radius 3 is 2.76 bits per heavy atom. The molecule has 2 rings (SSSR count). The Balaban J connectivity index is 1.60. The molecule has 0 unspecified atom stereocenters. The molecule has 1 saturated carbocycles. The monoisotopic (exact) mass is 291 g/mol. The van der Waals surface area contributed by atoms with E-state index in [1.165, 1.54) is 0 Å². The Bertz CT molecular complexity index is 523. The van der Waals surface area contributed by atoms with Crippen molar-refractivity contribution in [2.24, 2.45) is 5.41 Å². The van der Waals surface area contributed by atoms with E-state index in [-0.39, 0.29) is 12.5 Å². The molecule has 0 saturated heterocycles. The highest BCUT2D eigenvalue weighted by molar-refractivity contribution is 5.80. The number of carbonyl (C=O) groups is 2. The molecule has 114 valence electrons. The molecule has 0 spiro atoms. The van der Waals surface area contributed by atoms with Gasteiger partial charge in [0, 0.05) is 13.0 Å². The normalized spacial score (nSPS) is 15.3. The van der Waals surface area contributed by atoms with Gasteiger partial charge in [-0.3, -0.25) is 9.59 Å². The van der Waals surface area contributed by atoms with Crippen molar-refractivity contribution < 1.29 is 19.4 Å². The van der Waals surface area contributed by atoms with Crippen LogP contribution >= 0.6 is 0 Å². The Kier molecular flexibility index (Phi) is 4.83. The maximum absolute atomic E-state index is 11.6. The predicted octanol–water partition coefficient (Wildman–Crippen LogP) is 2.14. The summed E-state index contributed by atoms with van der Waals surface area (Å²) in [5.41, 5.74) is 0.432. The molecular formula is C16H21NO4. The van der Waals surface area contributed by atoms with Crippen molar-refractivity contribution in [2.75, 3.05) is 13.2 Å². The number of amides is 1. The maximum Gasteiger partial charge on any atom is 0.311 e. The zero-order valence-corrected chi connectivity index (χ0v) is 12.2. The lowest BCUT2D eigenvalue weighted by molar-refractivity contribution is -0.143. The third-order valence-corrected chi connectivity index (χ3v) is 3.74. The topological polar surface area (TPSA) is 75.6 Å². The molecule has 1 amide bonds. The summed E-state index contributed by atoms with van der Waals surface area (Å²) in [6, 6.07) is 7.76. The van der Waals surface area contributed by atoms with Gasteiger partial charge in [-0.2, -0.15) is 0 Å². The summed E-state index contributed by atoms with van der Waals surface area (Å²) in [6.07, 6.45) is 2.26. The van der Waals surface area contributed by atoms with Crippen LogP contribution < -0.4 is 10.1 Å². The number of benzene rings is 1. The smallest absolute Gasteiger partial charge is 0.311 e. The van der Waals surface area contributed by atoms with Crippen LogP contribution in [0.2, 0.25) is 0 Å². The van der Waals surface area contributed by atoms with Crippen molar-refractivity contribution in [1.82, 2.24) is 5.32 Å². The molecule has 1 aliphatic carbocycles. The maximum atomic E-state index is 11.6. The zero-order valence-electron chi connectivity index (χ0n) is 12.2. The van der Waals surface area contributed by atoms with E-state index in [0.717, 1.165) is 11.3 Å².